The summed E-state index contributed by atoms with van der Waals surface area (Å²) in [6.07, 6.45) is -4.36. The van der Waals surface area contributed by atoms with Gasteiger partial charge in [0.1, 0.15) is 0 Å². The van der Waals surface area contributed by atoms with Crippen molar-refractivity contribution in [1.29, 1.82) is 0 Å². The summed E-state index contributed by atoms with van der Waals surface area (Å²) in [5, 5.41) is 5.37. The largest absolute Gasteiger partial charge is 0.416 e. The third-order valence-corrected chi connectivity index (χ3v) is 2.28. The molecule has 0 saturated heterocycles. The van der Waals surface area contributed by atoms with Gasteiger partial charge in [0.25, 0.3) is 0 Å². The third kappa shape index (κ3) is 4.75. The summed E-state index contributed by atoms with van der Waals surface area (Å²) in [6.45, 7) is 2.78. The lowest BCUT2D eigenvalue weighted by atomic mass is 10.1. The molecule has 1 rings (SSSR count). The van der Waals surface area contributed by atoms with Crippen LogP contribution in [-0.4, -0.2) is 19.0 Å². The summed E-state index contributed by atoms with van der Waals surface area (Å²) in [5.74, 6) is -0.241. The number of rotatable bonds is 5. The van der Waals surface area contributed by atoms with Gasteiger partial charge in [-0.1, -0.05) is 19.1 Å². The van der Waals surface area contributed by atoms with E-state index in [9.17, 15) is 18.0 Å². The molecule has 0 unspecified atom stereocenters. The molecule has 0 aliphatic carbocycles. The van der Waals surface area contributed by atoms with Gasteiger partial charge in [-0.2, -0.15) is 13.2 Å². The van der Waals surface area contributed by atoms with Crippen molar-refractivity contribution < 1.29 is 18.0 Å². The Morgan fingerprint density at radius 3 is 2.67 bits per heavy atom. The van der Waals surface area contributed by atoms with Crippen LogP contribution < -0.4 is 10.6 Å². The molecule has 0 bridgehead atoms. The first-order chi connectivity index (χ1) is 8.43. The first kappa shape index (κ1) is 14.5. The quantitative estimate of drug-likeness (QED) is 0.849. The second-order valence-electron chi connectivity index (χ2n) is 3.76. The Kier molecular flexibility index (Phi) is 5.15. The number of hydrogen-bond acceptors (Lipinski definition) is 2. The Morgan fingerprint density at radius 1 is 1.33 bits per heavy atom. The highest BCUT2D eigenvalue weighted by molar-refractivity contribution is 5.77. The molecule has 0 atom stereocenters. The molecule has 0 fully saturated rings. The van der Waals surface area contributed by atoms with Crippen molar-refractivity contribution in [3.05, 3.63) is 35.4 Å². The van der Waals surface area contributed by atoms with E-state index in [1.54, 1.807) is 6.07 Å². The van der Waals surface area contributed by atoms with Gasteiger partial charge in [0.15, 0.2) is 0 Å². The highest BCUT2D eigenvalue weighted by atomic mass is 19.4. The van der Waals surface area contributed by atoms with Gasteiger partial charge in [-0.3, -0.25) is 4.79 Å². The molecule has 0 radical (unpaired) electrons. The maximum absolute atomic E-state index is 12.4. The van der Waals surface area contributed by atoms with Crippen molar-refractivity contribution in [2.45, 2.75) is 19.6 Å². The average Bonchev–Trinajstić information content (AvgIpc) is 2.33. The molecule has 1 aromatic rings. The lowest BCUT2D eigenvalue weighted by molar-refractivity contribution is -0.137. The first-order valence-corrected chi connectivity index (χ1v) is 5.57. The van der Waals surface area contributed by atoms with Crippen LogP contribution in [0.15, 0.2) is 24.3 Å². The van der Waals surface area contributed by atoms with Crippen LogP contribution in [0.4, 0.5) is 13.2 Å². The zero-order valence-electron chi connectivity index (χ0n) is 9.97. The molecule has 0 heterocycles. The van der Waals surface area contributed by atoms with E-state index in [0.717, 1.165) is 12.1 Å². The van der Waals surface area contributed by atoms with Crippen molar-refractivity contribution in [3.8, 4) is 0 Å². The fourth-order valence-corrected chi connectivity index (χ4v) is 1.36. The van der Waals surface area contributed by atoms with Gasteiger partial charge >= 0.3 is 6.18 Å². The van der Waals surface area contributed by atoms with E-state index in [4.69, 9.17) is 0 Å². The molecular weight excluding hydrogens is 245 g/mol. The molecule has 18 heavy (non-hydrogen) atoms. The predicted molar refractivity (Wildman–Crippen MR) is 61.8 cm³/mol. The number of likely N-dealkylation sites (N-methyl/N-ethyl adjacent to an activating group) is 1. The van der Waals surface area contributed by atoms with Crippen molar-refractivity contribution in [2.24, 2.45) is 0 Å². The van der Waals surface area contributed by atoms with E-state index < -0.39 is 11.7 Å². The van der Waals surface area contributed by atoms with Crippen molar-refractivity contribution in [1.82, 2.24) is 10.6 Å². The molecule has 0 aliphatic heterocycles. The Bertz CT molecular complexity index is 405. The average molecular weight is 260 g/mol. The molecule has 0 aromatic heterocycles. The minimum Gasteiger partial charge on any atom is -0.351 e. The fourth-order valence-electron chi connectivity index (χ4n) is 1.36. The van der Waals surface area contributed by atoms with Gasteiger partial charge < -0.3 is 10.6 Å². The lowest BCUT2D eigenvalue weighted by Gasteiger charge is -2.09. The molecular formula is C12H15F3N2O. The van der Waals surface area contributed by atoms with Crippen LogP contribution in [-0.2, 0) is 17.5 Å². The number of alkyl halides is 3. The van der Waals surface area contributed by atoms with Crippen LogP contribution in [0, 0.1) is 0 Å². The number of halogens is 3. The molecule has 1 amide bonds. The zero-order chi connectivity index (χ0) is 13.6. The van der Waals surface area contributed by atoms with Crippen molar-refractivity contribution >= 4 is 5.91 Å². The van der Waals surface area contributed by atoms with E-state index in [1.807, 2.05) is 6.92 Å². The summed E-state index contributed by atoms with van der Waals surface area (Å²) < 4.78 is 37.3. The predicted octanol–water partition coefficient (Wildman–Crippen LogP) is 1.93. The summed E-state index contributed by atoms with van der Waals surface area (Å²) in [7, 11) is 0. The van der Waals surface area contributed by atoms with Crippen molar-refractivity contribution in [3.63, 3.8) is 0 Å². The van der Waals surface area contributed by atoms with Crippen molar-refractivity contribution in [2.75, 3.05) is 13.1 Å². The van der Waals surface area contributed by atoms with Crippen LogP contribution in [0.5, 0.6) is 0 Å². The van der Waals surface area contributed by atoms with E-state index in [1.165, 1.54) is 6.07 Å². The molecule has 100 valence electrons. The summed E-state index contributed by atoms with van der Waals surface area (Å²) in [4.78, 5) is 11.3. The highest BCUT2D eigenvalue weighted by Crippen LogP contribution is 2.29. The van der Waals surface area contributed by atoms with Gasteiger partial charge in [-0.15, -0.1) is 0 Å². The number of carbonyl (C=O) groups excluding carboxylic acids is 1. The molecule has 2 N–H and O–H groups in total. The Hall–Kier alpha value is -1.56. The molecule has 0 spiro atoms. The van der Waals surface area contributed by atoms with E-state index >= 15 is 0 Å². The molecule has 0 saturated carbocycles. The van der Waals surface area contributed by atoms with Gasteiger partial charge in [-0.25, -0.2) is 0 Å². The zero-order valence-corrected chi connectivity index (χ0v) is 9.97. The Balaban J connectivity index is 2.55. The fraction of sp³-hybridized carbons (Fsp3) is 0.417. The Morgan fingerprint density at radius 2 is 2.06 bits per heavy atom. The standard InChI is InChI=1S/C12H15F3N2O/c1-2-16-8-11(18)17-7-9-4-3-5-10(6-9)12(13,14)15/h3-6,16H,2,7-8H2,1H3,(H,17,18). The maximum atomic E-state index is 12.4. The van der Waals surface area contributed by atoms with Crippen LogP contribution >= 0.6 is 0 Å². The van der Waals surface area contributed by atoms with Crippen LogP contribution in [0.2, 0.25) is 0 Å². The van der Waals surface area contributed by atoms with Gasteiger partial charge in [0, 0.05) is 6.54 Å². The first-order valence-electron chi connectivity index (χ1n) is 5.57. The number of hydrogen-bond donors (Lipinski definition) is 2. The van der Waals surface area contributed by atoms with Crippen LogP contribution in [0.1, 0.15) is 18.1 Å². The van der Waals surface area contributed by atoms with Crippen LogP contribution in [0.3, 0.4) is 0 Å². The normalized spacial score (nSPS) is 11.3. The van der Waals surface area contributed by atoms with Gasteiger partial charge in [0.2, 0.25) is 5.91 Å². The minimum absolute atomic E-state index is 0.0914. The van der Waals surface area contributed by atoms with E-state index in [2.05, 4.69) is 10.6 Å². The second-order valence-corrected chi connectivity index (χ2v) is 3.76. The maximum Gasteiger partial charge on any atom is 0.416 e. The topological polar surface area (TPSA) is 41.1 Å². The minimum atomic E-state index is -4.36. The Labute approximate surface area is 103 Å². The van der Waals surface area contributed by atoms with E-state index in [0.29, 0.717) is 12.1 Å². The number of carbonyl (C=O) groups is 1. The smallest absolute Gasteiger partial charge is 0.351 e. The SMILES string of the molecule is CCNCC(=O)NCc1cccc(C(F)(F)F)c1. The van der Waals surface area contributed by atoms with Gasteiger partial charge in [-0.05, 0) is 24.2 Å². The molecule has 1 aromatic carbocycles. The lowest BCUT2D eigenvalue weighted by Crippen LogP contribution is -2.33. The summed E-state index contributed by atoms with van der Waals surface area (Å²) in [5.41, 5.74) is -0.282. The van der Waals surface area contributed by atoms with Crippen LogP contribution in [0.25, 0.3) is 0 Å². The molecule has 6 heteroatoms. The molecule has 3 nitrogen and oxygen atoms in total. The second kappa shape index (κ2) is 6.39. The number of amides is 1. The summed E-state index contributed by atoms with van der Waals surface area (Å²) in [6, 6.07) is 4.91. The highest BCUT2D eigenvalue weighted by Gasteiger charge is 2.30. The summed E-state index contributed by atoms with van der Waals surface area (Å²) >= 11 is 0. The number of benzene rings is 1. The van der Waals surface area contributed by atoms with Gasteiger partial charge in [0.05, 0.1) is 12.1 Å². The monoisotopic (exact) mass is 260 g/mol. The van der Waals surface area contributed by atoms with E-state index in [-0.39, 0.29) is 19.0 Å². The molecule has 0 aliphatic rings. The number of nitrogens with one attached hydrogen (secondary N) is 2. The third-order valence-electron chi connectivity index (χ3n) is 2.28.